The Morgan fingerprint density at radius 3 is 2.38 bits per heavy atom. The Labute approximate surface area is 97.7 Å². The Bertz CT molecular complexity index is 373. The van der Waals surface area contributed by atoms with Gasteiger partial charge in [-0.25, -0.2) is 4.98 Å². The van der Waals surface area contributed by atoms with Crippen LogP contribution in [-0.2, 0) is 0 Å². The number of hydrogen-bond donors (Lipinski definition) is 0. The molecule has 3 heteroatoms. The monoisotopic (exact) mass is 217 g/mol. The Morgan fingerprint density at radius 2 is 1.94 bits per heavy atom. The van der Waals surface area contributed by atoms with Crippen molar-refractivity contribution in [2.45, 2.75) is 33.6 Å². The molecule has 0 bridgehead atoms. The maximum atomic E-state index is 8.85. The quantitative estimate of drug-likeness (QED) is 0.761. The highest BCUT2D eigenvalue weighted by Crippen LogP contribution is 2.16. The molecule has 0 aliphatic rings. The van der Waals surface area contributed by atoms with Crippen LogP contribution in [0.25, 0.3) is 0 Å². The van der Waals surface area contributed by atoms with Crippen molar-refractivity contribution < 1.29 is 0 Å². The van der Waals surface area contributed by atoms with Crippen molar-refractivity contribution >= 4 is 5.82 Å². The Hall–Kier alpha value is -1.56. The summed E-state index contributed by atoms with van der Waals surface area (Å²) in [6, 6.07) is 4.15. The maximum absolute atomic E-state index is 8.85. The van der Waals surface area contributed by atoms with Crippen LogP contribution >= 0.6 is 0 Å². The van der Waals surface area contributed by atoms with Gasteiger partial charge in [-0.15, -0.1) is 0 Å². The van der Waals surface area contributed by atoms with E-state index in [0.717, 1.165) is 37.3 Å². The molecular formula is C13H19N3. The minimum absolute atomic E-state index is 0.664. The van der Waals surface area contributed by atoms with Gasteiger partial charge in [-0.2, -0.15) is 5.26 Å². The van der Waals surface area contributed by atoms with Gasteiger partial charge in [-0.05, 0) is 31.4 Å². The molecule has 0 amide bonds. The van der Waals surface area contributed by atoms with Gasteiger partial charge in [0, 0.05) is 19.3 Å². The summed E-state index contributed by atoms with van der Waals surface area (Å²) in [5, 5.41) is 8.85. The predicted molar refractivity (Wildman–Crippen MR) is 66.5 cm³/mol. The number of pyridine rings is 1. The molecule has 16 heavy (non-hydrogen) atoms. The van der Waals surface area contributed by atoms with Crippen LogP contribution in [0.2, 0.25) is 0 Å². The fraction of sp³-hybridized carbons (Fsp3) is 0.538. The lowest BCUT2D eigenvalue weighted by atomic mass is 10.2. The number of rotatable bonds is 5. The smallest absolute Gasteiger partial charge is 0.128 e. The summed E-state index contributed by atoms with van der Waals surface area (Å²) < 4.78 is 0. The summed E-state index contributed by atoms with van der Waals surface area (Å²) in [5.74, 6) is 0.986. The summed E-state index contributed by atoms with van der Waals surface area (Å²) in [7, 11) is 0. The fourth-order valence-corrected chi connectivity index (χ4v) is 1.71. The first kappa shape index (κ1) is 12.5. The number of nitriles is 1. The van der Waals surface area contributed by atoms with E-state index in [1.165, 1.54) is 0 Å². The van der Waals surface area contributed by atoms with Gasteiger partial charge < -0.3 is 4.90 Å². The highest BCUT2D eigenvalue weighted by atomic mass is 15.2. The fourth-order valence-electron chi connectivity index (χ4n) is 1.71. The second-order valence-electron chi connectivity index (χ2n) is 3.96. The van der Waals surface area contributed by atoms with Crippen molar-refractivity contribution in [2.75, 3.05) is 18.0 Å². The van der Waals surface area contributed by atoms with Gasteiger partial charge >= 0.3 is 0 Å². The third-order valence-corrected chi connectivity index (χ3v) is 2.53. The van der Waals surface area contributed by atoms with Crippen molar-refractivity contribution in [1.82, 2.24) is 4.98 Å². The van der Waals surface area contributed by atoms with Gasteiger partial charge in [0.05, 0.1) is 5.56 Å². The first-order valence-electron chi connectivity index (χ1n) is 5.84. The largest absolute Gasteiger partial charge is 0.357 e. The van der Waals surface area contributed by atoms with E-state index < -0.39 is 0 Å². The molecular weight excluding hydrogens is 198 g/mol. The van der Waals surface area contributed by atoms with E-state index in [1.54, 1.807) is 6.20 Å². The number of anilines is 1. The zero-order valence-electron chi connectivity index (χ0n) is 10.3. The average molecular weight is 217 g/mol. The Balaban J connectivity index is 2.93. The van der Waals surface area contributed by atoms with Crippen LogP contribution in [0.4, 0.5) is 5.82 Å². The van der Waals surface area contributed by atoms with Crippen molar-refractivity contribution in [2.24, 2.45) is 0 Å². The van der Waals surface area contributed by atoms with Crippen LogP contribution in [0.5, 0.6) is 0 Å². The molecule has 0 aliphatic carbocycles. The van der Waals surface area contributed by atoms with E-state index in [1.807, 2.05) is 13.0 Å². The van der Waals surface area contributed by atoms with Crippen molar-refractivity contribution in [3.8, 4) is 6.07 Å². The molecule has 0 saturated carbocycles. The summed E-state index contributed by atoms with van der Waals surface area (Å²) in [4.78, 5) is 6.62. The number of aryl methyl sites for hydroxylation is 1. The van der Waals surface area contributed by atoms with E-state index in [4.69, 9.17) is 5.26 Å². The molecule has 3 nitrogen and oxygen atoms in total. The number of nitrogens with zero attached hydrogens (tertiary/aromatic N) is 3. The standard InChI is InChI=1S/C13H19N3/c1-4-6-16(7-5-2)13-8-11(3)12(9-14)10-15-13/h8,10H,4-7H2,1-3H3. The zero-order valence-corrected chi connectivity index (χ0v) is 10.3. The van der Waals surface area contributed by atoms with Crippen LogP contribution in [0, 0.1) is 18.3 Å². The van der Waals surface area contributed by atoms with Crippen LogP contribution in [0.3, 0.4) is 0 Å². The normalized spacial score (nSPS) is 9.88. The van der Waals surface area contributed by atoms with E-state index >= 15 is 0 Å². The molecule has 0 spiro atoms. The van der Waals surface area contributed by atoms with Crippen LogP contribution in [-0.4, -0.2) is 18.1 Å². The molecule has 1 aromatic heterocycles. The third kappa shape index (κ3) is 2.96. The van der Waals surface area contributed by atoms with E-state index in [2.05, 4.69) is 29.8 Å². The highest BCUT2D eigenvalue weighted by Gasteiger charge is 2.07. The van der Waals surface area contributed by atoms with Gasteiger partial charge in [0.25, 0.3) is 0 Å². The molecule has 0 aliphatic heterocycles. The average Bonchev–Trinajstić information content (AvgIpc) is 2.28. The molecule has 86 valence electrons. The lowest BCUT2D eigenvalue weighted by Gasteiger charge is -2.22. The van der Waals surface area contributed by atoms with Gasteiger partial charge in [0.2, 0.25) is 0 Å². The summed E-state index contributed by atoms with van der Waals surface area (Å²) in [6.45, 7) is 8.33. The number of aromatic nitrogens is 1. The summed E-state index contributed by atoms with van der Waals surface area (Å²) in [6.07, 6.45) is 3.89. The molecule has 0 radical (unpaired) electrons. The summed E-state index contributed by atoms with van der Waals surface area (Å²) >= 11 is 0. The Kier molecular flexibility index (Phi) is 4.78. The van der Waals surface area contributed by atoms with Gasteiger partial charge in [0.1, 0.15) is 11.9 Å². The van der Waals surface area contributed by atoms with Crippen LogP contribution in [0.1, 0.15) is 37.8 Å². The molecule has 1 heterocycles. The van der Waals surface area contributed by atoms with Gasteiger partial charge in [0.15, 0.2) is 0 Å². The molecule has 0 saturated heterocycles. The second kappa shape index (κ2) is 6.12. The molecule has 1 aromatic rings. The first-order chi connectivity index (χ1) is 7.72. The minimum atomic E-state index is 0.664. The number of hydrogen-bond acceptors (Lipinski definition) is 3. The van der Waals surface area contributed by atoms with Gasteiger partial charge in [-0.3, -0.25) is 0 Å². The maximum Gasteiger partial charge on any atom is 0.128 e. The van der Waals surface area contributed by atoms with E-state index in [0.29, 0.717) is 5.56 Å². The van der Waals surface area contributed by atoms with Crippen molar-refractivity contribution in [1.29, 1.82) is 5.26 Å². The predicted octanol–water partition coefficient (Wildman–Crippen LogP) is 2.89. The minimum Gasteiger partial charge on any atom is -0.357 e. The van der Waals surface area contributed by atoms with Crippen molar-refractivity contribution in [3.63, 3.8) is 0 Å². The van der Waals surface area contributed by atoms with Crippen LogP contribution in [0.15, 0.2) is 12.3 Å². The second-order valence-corrected chi connectivity index (χ2v) is 3.96. The lowest BCUT2D eigenvalue weighted by Crippen LogP contribution is -2.25. The molecule has 0 unspecified atom stereocenters. The molecule has 0 fully saturated rings. The van der Waals surface area contributed by atoms with Gasteiger partial charge in [-0.1, -0.05) is 13.8 Å². The zero-order chi connectivity index (χ0) is 12.0. The molecule has 1 rings (SSSR count). The Morgan fingerprint density at radius 1 is 1.31 bits per heavy atom. The van der Waals surface area contributed by atoms with E-state index in [9.17, 15) is 0 Å². The SMILES string of the molecule is CCCN(CCC)c1cc(C)c(C#N)cn1. The highest BCUT2D eigenvalue weighted by molar-refractivity contribution is 5.46. The molecule has 0 atom stereocenters. The summed E-state index contributed by atoms with van der Waals surface area (Å²) in [5.41, 5.74) is 1.67. The topological polar surface area (TPSA) is 39.9 Å². The third-order valence-electron chi connectivity index (χ3n) is 2.53. The van der Waals surface area contributed by atoms with Crippen LogP contribution < -0.4 is 4.90 Å². The van der Waals surface area contributed by atoms with Crippen molar-refractivity contribution in [3.05, 3.63) is 23.4 Å². The molecule has 0 N–H and O–H groups in total. The lowest BCUT2D eigenvalue weighted by molar-refractivity contribution is 0.734. The molecule has 0 aromatic carbocycles. The van der Waals surface area contributed by atoms with E-state index in [-0.39, 0.29) is 0 Å². The first-order valence-corrected chi connectivity index (χ1v) is 5.84.